The van der Waals surface area contributed by atoms with Gasteiger partial charge in [-0.2, -0.15) is 0 Å². The van der Waals surface area contributed by atoms with Crippen molar-refractivity contribution in [2.24, 2.45) is 0 Å². The predicted octanol–water partition coefficient (Wildman–Crippen LogP) is 0.957. The van der Waals surface area contributed by atoms with Crippen LogP contribution in [0.3, 0.4) is 0 Å². The van der Waals surface area contributed by atoms with E-state index >= 15 is 0 Å². The van der Waals surface area contributed by atoms with Crippen LogP contribution in [-0.2, 0) is 11.4 Å². The molecule has 0 aromatic heterocycles. The van der Waals surface area contributed by atoms with Crippen molar-refractivity contribution < 1.29 is 4.55 Å². The molecule has 1 heterocycles. The smallest absolute Gasteiger partial charge is 0.136 e. The van der Waals surface area contributed by atoms with E-state index in [1.807, 2.05) is 6.08 Å². The topological polar surface area (TPSA) is 58.9 Å². The lowest BCUT2D eigenvalue weighted by Crippen LogP contribution is -2.14. The van der Waals surface area contributed by atoms with E-state index in [1.54, 1.807) is 0 Å². The fourth-order valence-corrected chi connectivity index (χ4v) is 1.92. The van der Waals surface area contributed by atoms with Crippen molar-refractivity contribution >= 4 is 17.6 Å². The van der Waals surface area contributed by atoms with Gasteiger partial charge in [-0.3, -0.25) is 0 Å². The van der Waals surface area contributed by atoms with Crippen LogP contribution in [0.4, 0.5) is 0 Å². The molecule has 0 aromatic rings. The molecule has 1 unspecified atom stereocenters. The van der Waals surface area contributed by atoms with Crippen LogP contribution in [0.5, 0.6) is 0 Å². The van der Waals surface area contributed by atoms with Gasteiger partial charge in [0.2, 0.25) is 0 Å². The maximum absolute atomic E-state index is 10.8. The van der Waals surface area contributed by atoms with Gasteiger partial charge in [0.15, 0.2) is 0 Å². The van der Waals surface area contributed by atoms with Crippen LogP contribution in [0, 0.1) is 5.41 Å². The van der Waals surface area contributed by atoms with Gasteiger partial charge in [-0.15, -0.1) is 0 Å². The summed E-state index contributed by atoms with van der Waals surface area (Å²) in [5, 5.41) is 6.78. The number of hydrogen-bond donors (Lipinski definition) is 2. The first kappa shape index (κ1) is 8.62. The molecule has 3 nitrogen and oxygen atoms in total. The Morgan fingerprint density at radius 2 is 2.45 bits per heavy atom. The molecule has 0 bridgehead atoms. The molecule has 0 aromatic carbocycles. The minimum atomic E-state index is -0.834. The van der Waals surface area contributed by atoms with Gasteiger partial charge in [0.25, 0.3) is 0 Å². The van der Waals surface area contributed by atoms with Crippen LogP contribution in [0.15, 0.2) is 11.8 Å². The number of hydrogen-bond acceptors (Lipinski definition) is 3. The Hall–Kier alpha value is -0.480. The molecular weight excluding hydrogens is 160 g/mol. The lowest BCUT2D eigenvalue weighted by molar-refractivity contribution is 0.594. The SMILES string of the molecule is N=CCC/C=C1\CC[S+]([O-])N1. The highest BCUT2D eigenvalue weighted by Crippen LogP contribution is 2.11. The van der Waals surface area contributed by atoms with Crippen molar-refractivity contribution in [1.29, 1.82) is 5.41 Å². The largest absolute Gasteiger partial charge is 0.593 e. The summed E-state index contributed by atoms with van der Waals surface area (Å²) < 4.78 is 13.7. The first-order valence-electron chi connectivity index (χ1n) is 3.66. The molecule has 1 fully saturated rings. The van der Waals surface area contributed by atoms with Gasteiger partial charge in [-0.05, 0) is 19.1 Å². The third-order valence-electron chi connectivity index (χ3n) is 1.50. The normalized spacial score (nSPS) is 27.0. The summed E-state index contributed by atoms with van der Waals surface area (Å²) in [5.74, 6) is 0.733. The van der Waals surface area contributed by atoms with Crippen molar-refractivity contribution in [2.45, 2.75) is 19.3 Å². The second-order valence-corrected chi connectivity index (χ2v) is 3.72. The average molecular weight is 172 g/mol. The summed E-state index contributed by atoms with van der Waals surface area (Å²) in [6.07, 6.45) is 5.96. The van der Waals surface area contributed by atoms with Crippen molar-refractivity contribution in [3.63, 3.8) is 0 Å². The molecule has 2 N–H and O–H groups in total. The molecule has 11 heavy (non-hydrogen) atoms. The minimum absolute atomic E-state index is 0.733. The van der Waals surface area contributed by atoms with E-state index in [2.05, 4.69) is 4.72 Å². The maximum atomic E-state index is 10.8. The third kappa shape index (κ3) is 2.95. The van der Waals surface area contributed by atoms with Crippen LogP contribution in [0.25, 0.3) is 0 Å². The number of allylic oxidation sites excluding steroid dienone is 2. The van der Waals surface area contributed by atoms with E-state index in [1.165, 1.54) is 6.21 Å². The molecule has 0 spiro atoms. The summed E-state index contributed by atoms with van der Waals surface area (Å²) in [5.41, 5.74) is 1.07. The highest BCUT2D eigenvalue weighted by atomic mass is 32.2. The summed E-state index contributed by atoms with van der Waals surface area (Å²) in [6.45, 7) is 0. The van der Waals surface area contributed by atoms with Gasteiger partial charge in [-0.1, -0.05) is 6.08 Å². The summed E-state index contributed by atoms with van der Waals surface area (Å²) >= 11 is -0.834. The molecule has 0 amide bonds. The highest BCUT2D eigenvalue weighted by Gasteiger charge is 2.17. The molecule has 0 saturated carbocycles. The van der Waals surface area contributed by atoms with Crippen molar-refractivity contribution in [1.82, 2.24) is 4.72 Å². The third-order valence-corrected chi connectivity index (χ3v) is 2.57. The van der Waals surface area contributed by atoms with Gasteiger partial charge in [-0.25, -0.2) is 4.72 Å². The lowest BCUT2D eigenvalue weighted by Gasteiger charge is -1.99. The first-order chi connectivity index (χ1) is 5.33. The van der Waals surface area contributed by atoms with Crippen LogP contribution in [0.2, 0.25) is 0 Å². The van der Waals surface area contributed by atoms with Crippen LogP contribution in [-0.4, -0.2) is 16.5 Å². The van der Waals surface area contributed by atoms with Crippen LogP contribution >= 0.6 is 0 Å². The lowest BCUT2D eigenvalue weighted by atomic mass is 10.2. The molecule has 62 valence electrons. The Balaban J connectivity index is 2.24. The summed E-state index contributed by atoms with van der Waals surface area (Å²) in [7, 11) is 0. The van der Waals surface area contributed by atoms with Gasteiger partial charge < -0.3 is 9.96 Å². The maximum Gasteiger partial charge on any atom is 0.136 e. The zero-order valence-corrected chi connectivity index (χ0v) is 7.12. The molecule has 0 aliphatic carbocycles. The average Bonchev–Trinajstić information content (AvgIpc) is 2.37. The number of rotatable bonds is 3. The Morgan fingerprint density at radius 1 is 1.64 bits per heavy atom. The van der Waals surface area contributed by atoms with Gasteiger partial charge >= 0.3 is 0 Å². The summed E-state index contributed by atoms with van der Waals surface area (Å²) in [4.78, 5) is 0. The second-order valence-electron chi connectivity index (χ2n) is 2.41. The molecule has 1 aliphatic heterocycles. The van der Waals surface area contributed by atoms with E-state index in [0.717, 1.165) is 30.7 Å². The Kier molecular flexibility index (Phi) is 3.45. The van der Waals surface area contributed by atoms with Crippen molar-refractivity contribution in [3.8, 4) is 0 Å². The van der Waals surface area contributed by atoms with E-state index < -0.39 is 11.4 Å². The fraction of sp³-hybridized carbons (Fsp3) is 0.571. The first-order valence-corrected chi connectivity index (χ1v) is 4.98. The minimum Gasteiger partial charge on any atom is -0.593 e. The zero-order valence-electron chi connectivity index (χ0n) is 6.30. The molecule has 1 rings (SSSR count). The van der Waals surface area contributed by atoms with Gasteiger partial charge in [0, 0.05) is 6.42 Å². The quantitative estimate of drug-likeness (QED) is 0.378. The molecule has 1 aliphatic rings. The molecular formula is C7H12N2OS. The fourth-order valence-electron chi connectivity index (χ4n) is 0.936. The molecule has 1 atom stereocenters. The Bertz CT molecular complexity index is 170. The van der Waals surface area contributed by atoms with Crippen molar-refractivity contribution in [3.05, 3.63) is 11.8 Å². The van der Waals surface area contributed by atoms with E-state index in [0.29, 0.717) is 0 Å². The highest BCUT2D eigenvalue weighted by molar-refractivity contribution is 7.89. The van der Waals surface area contributed by atoms with Crippen molar-refractivity contribution in [2.75, 3.05) is 5.75 Å². The summed E-state index contributed by atoms with van der Waals surface area (Å²) in [6, 6.07) is 0. The Labute approximate surface area is 69.7 Å². The van der Waals surface area contributed by atoms with Crippen LogP contribution < -0.4 is 4.72 Å². The van der Waals surface area contributed by atoms with Crippen LogP contribution in [0.1, 0.15) is 19.3 Å². The van der Waals surface area contributed by atoms with Gasteiger partial charge in [0.05, 0.1) is 17.1 Å². The van der Waals surface area contributed by atoms with Gasteiger partial charge in [0.1, 0.15) is 5.75 Å². The second kappa shape index (κ2) is 4.41. The Morgan fingerprint density at radius 3 is 3.00 bits per heavy atom. The van der Waals surface area contributed by atoms with E-state index in [-0.39, 0.29) is 0 Å². The number of unbranched alkanes of at least 4 members (excludes halogenated alkanes) is 1. The monoisotopic (exact) mass is 172 g/mol. The zero-order chi connectivity index (χ0) is 8.10. The van der Waals surface area contributed by atoms with E-state index in [9.17, 15) is 4.55 Å². The molecule has 0 radical (unpaired) electrons. The predicted molar refractivity (Wildman–Crippen MR) is 46.9 cm³/mol. The standard InChI is InChI=1S/C7H12N2OS/c8-5-2-1-3-7-4-6-11(10)9-7/h3,5,8-9H,1-2,4,6H2/b7-3+,8-5?. The molecule has 4 heteroatoms. The number of nitrogens with one attached hydrogen (secondary N) is 2. The molecule has 1 saturated heterocycles. The van der Waals surface area contributed by atoms with E-state index in [4.69, 9.17) is 5.41 Å².